The summed E-state index contributed by atoms with van der Waals surface area (Å²) in [6, 6.07) is 3.63. The van der Waals surface area contributed by atoms with Crippen LogP contribution in [0.1, 0.15) is 22.0 Å². The van der Waals surface area contributed by atoms with Crippen molar-refractivity contribution in [3.05, 3.63) is 45.7 Å². The quantitative estimate of drug-likeness (QED) is 0.641. The van der Waals surface area contributed by atoms with Gasteiger partial charge < -0.3 is 0 Å². The molecule has 0 amide bonds. The second-order valence-corrected chi connectivity index (χ2v) is 4.14. The number of hydrogen-bond acceptors (Lipinski definition) is 3. The van der Waals surface area contributed by atoms with Gasteiger partial charge in [0, 0.05) is 17.1 Å². The lowest BCUT2D eigenvalue weighted by molar-refractivity contribution is 1.26. The lowest BCUT2D eigenvalue weighted by Gasteiger charge is -1.89. The van der Waals surface area contributed by atoms with E-state index >= 15 is 0 Å². The molecule has 0 saturated heterocycles. The summed E-state index contributed by atoms with van der Waals surface area (Å²) in [5, 5.41) is 2.95. The first-order valence-corrected chi connectivity index (χ1v) is 5.53. The van der Waals surface area contributed by atoms with Crippen LogP contribution in [-0.2, 0) is 0 Å². The van der Waals surface area contributed by atoms with E-state index in [-0.39, 0.29) is 0 Å². The lowest BCUT2D eigenvalue weighted by atomic mass is 10.2. The predicted octanol–water partition coefficient (Wildman–Crippen LogP) is 2.23. The van der Waals surface area contributed by atoms with E-state index < -0.39 is 0 Å². The first-order chi connectivity index (χ1) is 7.78. The van der Waals surface area contributed by atoms with E-state index in [1.165, 1.54) is 0 Å². The second kappa shape index (κ2) is 4.61. The van der Waals surface area contributed by atoms with Gasteiger partial charge in [0.1, 0.15) is 11.4 Å². The Morgan fingerprint density at radius 1 is 1.25 bits per heavy atom. The molecule has 2 nitrogen and oxygen atoms in total. The summed E-state index contributed by atoms with van der Waals surface area (Å²) in [5.41, 5.74) is 2.25. The number of aromatic nitrogens is 2. The summed E-state index contributed by atoms with van der Waals surface area (Å²) in [5.74, 6) is 8.43. The van der Waals surface area contributed by atoms with Gasteiger partial charge in [0.05, 0.1) is 5.01 Å². The summed E-state index contributed by atoms with van der Waals surface area (Å²) in [7, 11) is 0. The Bertz CT molecular complexity index is 591. The van der Waals surface area contributed by atoms with Crippen molar-refractivity contribution < 1.29 is 0 Å². The van der Waals surface area contributed by atoms with Crippen molar-refractivity contribution in [3.63, 3.8) is 0 Å². The van der Waals surface area contributed by atoms with Crippen molar-refractivity contribution in [1.82, 2.24) is 9.97 Å². The first-order valence-electron chi connectivity index (χ1n) is 4.65. The molecule has 76 valence electrons. The van der Waals surface area contributed by atoms with Gasteiger partial charge in [-0.3, -0.25) is 0 Å². The number of hydrogen-bond donors (Lipinski definition) is 0. The van der Waals surface area contributed by atoms with Crippen LogP contribution in [0, 0.1) is 31.1 Å². The third-order valence-electron chi connectivity index (χ3n) is 1.87. The van der Waals surface area contributed by atoms with Gasteiger partial charge in [-0.15, -0.1) is 17.8 Å². The van der Waals surface area contributed by atoms with E-state index in [2.05, 4.69) is 27.7 Å². The number of rotatable bonds is 0. The highest BCUT2D eigenvalue weighted by Gasteiger charge is 1.93. The molecule has 16 heavy (non-hydrogen) atoms. The summed E-state index contributed by atoms with van der Waals surface area (Å²) >= 11 is 1.59. The number of thiazole rings is 1. The van der Waals surface area contributed by atoms with E-state index in [4.69, 9.17) is 6.42 Å². The molecule has 0 aliphatic rings. The van der Waals surface area contributed by atoms with Crippen LogP contribution in [0.5, 0.6) is 0 Å². The second-order valence-electron chi connectivity index (χ2n) is 3.08. The van der Waals surface area contributed by atoms with Crippen molar-refractivity contribution in [2.24, 2.45) is 0 Å². The van der Waals surface area contributed by atoms with E-state index in [0.717, 1.165) is 16.3 Å². The molecular formula is C13H8N2S. The molecule has 2 aromatic rings. The van der Waals surface area contributed by atoms with Crippen LogP contribution in [0.4, 0.5) is 0 Å². The Morgan fingerprint density at radius 2 is 2.12 bits per heavy atom. The van der Waals surface area contributed by atoms with E-state index in [1.54, 1.807) is 23.6 Å². The normalized spacial score (nSPS) is 9.00. The van der Waals surface area contributed by atoms with E-state index in [1.807, 2.05) is 18.4 Å². The van der Waals surface area contributed by atoms with Gasteiger partial charge in [-0.2, -0.15) is 0 Å². The van der Waals surface area contributed by atoms with Crippen molar-refractivity contribution in [2.75, 3.05) is 0 Å². The molecule has 0 aliphatic heterocycles. The molecule has 2 heterocycles. The zero-order valence-corrected chi connectivity index (χ0v) is 9.51. The smallest absolute Gasteiger partial charge is 0.124 e. The number of pyridine rings is 1. The number of aryl methyl sites for hydroxylation is 1. The van der Waals surface area contributed by atoms with Crippen molar-refractivity contribution in [2.45, 2.75) is 6.92 Å². The molecule has 0 aromatic carbocycles. The summed E-state index contributed by atoms with van der Waals surface area (Å²) in [6.45, 7) is 1.96. The molecule has 0 bridgehead atoms. The fourth-order valence-electron chi connectivity index (χ4n) is 1.11. The van der Waals surface area contributed by atoms with Gasteiger partial charge in [0.25, 0.3) is 0 Å². The fourth-order valence-corrected chi connectivity index (χ4v) is 1.66. The summed E-state index contributed by atoms with van der Waals surface area (Å²) in [6.07, 6.45) is 6.88. The van der Waals surface area contributed by atoms with Crippen LogP contribution in [-0.4, -0.2) is 9.97 Å². The maximum Gasteiger partial charge on any atom is 0.124 e. The Hall–Kier alpha value is -2.10. The average molecular weight is 224 g/mol. The van der Waals surface area contributed by atoms with E-state index in [0.29, 0.717) is 5.69 Å². The highest BCUT2D eigenvalue weighted by atomic mass is 32.1. The molecule has 3 heteroatoms. The van der Waals surface area contributed by atoms with Gasteiger partial charge in [-0.05, 0) is 25.0 Å². The zero-order valence-electron chi connectivity index (χ0n) is 8.69. The molecule has 0 saturated carbocycles. The first kappa shape index (κ1) is 10.4. The third kappa shape index (κ3) is 2.48. The van der Waals surface area contributed by atoms with Crippen LogP contribution in [0.3, 0.4) is 0 Å². The molecule has 0 N–H and O–H groups in total. The average Bonchev–Trinajstić information content (AvgIpc) is 2.73. The monoisotopic (exact) mass is 224 g/mol. The fraction of sp³-hybridized carbons (Fsp3) is 0.0769. The van der Waals surface area contributed by atoms with Gasteiger partial charge in [-0.25, -0.2) is 9.97 Å². The van der Waals surface area contributed by atoms with Crippen LogP contribution in [0.15, 0.2) is 23.7 Å². The highest BCUT2D eigenvalue weighted by Crippen LogP contribution is 2.06. The molecule has 2 rings (SSSR count). The third-order valence-corrected chi connectivity index (χ3v) is 2.64. The van der Waals surface area contributed by atoms with Crippen LogP contribution in [0.2, 0.25) is 0 Å². The number of terminal acetylenes is 1. The molecule has 2 aromatic heterocycles. The Morgan fingerprint density at radius 3 is 2.69 bits per heavy atom. The molecule has 0 fully saturated rings. The maximum absolute atomic E-state index is 5.21. The highest BCUT2D eigenvalue weighted by molar-refractivity contribution is 7.09. The standard InChI is InChI=1S/C13H8N2S/c1-3-12-6-4-11(8-14-12)5-7-13-9-16-10(2)15-13/h1,4,6,8-9H,2H3. The molecule has 0 radical (unpaired) electrons. The van der Waals surface area contributed by atoms with Gasteiger partial charge in [-0.1, -0.05) is 11.8 Å². The SMILES string of the molecule is C#Cc1ccc(C#Cc2csc(C)n2)cn1. The molecule has 0 aliphatic carbocycles. The Balaban J connectivity index is 2.21. The van der Waals surface area contributed by atoms with Gasteiger partial charge >= 0.3 is 0 Å². The minimum Gasteiger partial charge on any atom is -0.247 e. The van der Waals surface area contributed by atoms with Gasteiger partial charge in [0.15, 0.2) is 0 Å². The van der Waals surface area contributed by atoms with Crippen molar-refractivity contribution in [1.29, 1.82) is 0 Å². The Labute approximate surface area is 98.4 Å². The summed E-state index contributed by atoms with van der Waals surface area (Å²) in [4.78, 5) is 8.31. The zero-order chi connectivity index (χ0) is 11.4. The van der Waals surface area contributed by atoms with Crippen molar-refractivity contribution in [3.8, 4) is 24.2 Å². The minimum absolute atomic E-state index is 0.620. The molecular weight excluding hydrogens is 216 g/mol. The van der Waals surface area contributed by atoms with Crippen molar-refractivity contribution >= 4 is 11.3 Å². The van der Waals surface area contributed by atoms with Crippen LogP contribution in [0.25, 0.3) is 0 Å². The summed E-state index contributed by atoms with van der Waals surface area (Å²) < 4.78 is 0. The van der Waals surface area contributed by atoms with Crippen LogP contribution >= 0.6 is 11.3 Å². The van der Waals surface area contributed by atoms with Crippen LogP contribution < -0.4 is 0 Å². The van der Waals surface area contributed by atoms with Gasteiger partial charge in [0.2, 0.25) is 0 Å². The molecule has 0 unspecified atom stereocenters. The van der Waals surface area contributed by atoms with E-state index in [9.17, 15) is 0 Å². The topological polar surface area (TPSA) is 25.8 Å². The Kier molecular flexibility index (Phi) is 3.00. The predicted molar refractivity (Wildman–Crippen MR) is 65.0 cm³/mol. The number of nitrogens with zero attached hydrogens (tertiary/aromatic N) is 2. The largest absolute Gasteiger partial charge is 0.247 e. The molecule has 0 atom stereocenters. The molecule has 0 spiro atoms. The maximum atomic E-state index is 5.21. The lowest BCUT2D eigenvalue weighted by Crippen LogP contribution is -1.83. The minimum atomic E-state index is 0.620.